The highest BCUT2D eigenvalue weighted by atomic mass is 19.1. The van der Waals surface area contributed by atoms with Gasteiger partial charge in [-0.05, 0) is 31.0 Å². The maximum atomic E-state index is 13.5. The van der Waals surface area contributed by atoms with Crippen LogP contribution in [0.1, 0.15) is 55.3 Å². The Labute approximate surface area is 197 Å². The summed E-state index contributed by atoms with van der Waals surface area (Å²) in [5.41, 5.74) is -0.350. The summed E-state index contributed by atoms with van der Waals surface area (Å²) in [6, 6.07) is 1.63. The highest BCUT2D eigenvalue weighted by Gasteiger charge is 2.45. The minimum Gasteiger partial charge on any atom is -0.507 e. The topological polar surface area (TPSA) is 155 Å². The van der Waals surface area contributed by atoms with Gasteiger partial charge in [-0.3, -0.25) is 9.59 Å². The number of ether oxygens (including phenoxy) is 3. The first-order valence-corrected chi connectivity index (χ1v) is 11.4. The second-order valence-electron chi connectivity index (χ2n) is 8.19. The lowest BCUT2D eigenvalue weighted by molar-refractivity contribution is -0.269. The van der Waals surface area contributed by atoms with E-state index in [1.165, 1.54) is 7.11 Å². The standard InChI is InChI=1S/C23H34FNO9/c1-32-18(28)8-6-4-2-3-5-7-11-33-23-19(21(30)20(29)17(13-26)34-23)25-22(31)15-12-14(24)9-10-16(15)27/h9-10,12,17,19-21,23,26-27,29-30H,2-8,11,13H2,1H3,(H,25,31)/t17?,19?,20-,21?,23+/m0/s1. The van der Waals surface area contributed by atoms with Crippen LogP contribution in [0.2, 0.25) is 0 Å². The molecule has 10 nitrogen and oxygen atoms in total. The maximum absolute atomic E-state index is 13.5. The quantitative estimate of drug-likeness (QED) is 0.202. The Morgan fingerprint density at radius 1 is 1.09 bits per heavy atom. The lowest BCUT2D eigenvalue weighted by atomic mass is 9.96. The normalized spacial score (nSPS) is 24.6. The van der Waals surface area contributed by atoms with E-state index in [1.54, 1.807) is 0 Å². The molecule has 1 aromatic rings. The lowest BCUT2D eigenvalue weighted by Crippen LogP contribution is -2.64. The molecule has 1 amide bonds. The Morgan fingerprint density at radius 3 is 2.44 bits per heavy atom. The molecule has 192 valence electrons. The van der Waals surface area contributed by atoms with E-state index >= 15 is 0 Å². The van der Waals surface area contributed by atoms with Crippen molar-refractivity contribution in [1.29, 1.82) is 0 Å². The van der Waals surface area contributed by atoms with Gasteiger partial charge in [0.2, 0.25) is 0 Å². The minimum atomic E-state index is -1.54. The van der Waals surface area contributed by atoms with Crippen LogP contribution in [0.4, 0.5) is 4.39 Å². The first kappa shape index (κ1) is 27.9. The fourth-order valence-electron chi connectivity index (χ4n) is 3.68. The highest BCUT2D eigenvalue weighted by molar-refractivity contribution is 5.97. The summed E-state index contributed by atoms with van der Waals surface area (Å²) in [6.07, 6.45) is 0.111. The first-order valence-electron chi connectivity index (χ1n) is 11.4. The number of hydrogen-bond acceptors (Lipinski definition) is 9. The fraction of sp³-hybridized carbons (Fsp3) is 0.652. The third kappa shape index (κ3) is 8.17. The van der Waals surface area contributed by atoms with Crippen LogP contribution in [0.25, 0.3) is 0 Å². The number of phenolic OH excluding ortho intramolecular Hbond substituents is 1. The molecule has 1 saturated heterocycles. The van der Waals surface area contributed by atoms with Crippen molar-refractivity contribution in [2.75, 3.05) is 20.3 Å². The van der Waals surface area contributed by atoms with Crippen molar-refractivity contribution >= 4 is 11.9 Å². The van der Waals surface area contributed by atoms with E-state index in [1.807, 2.05) is 0 Å². The molecular weight excluding hydrogens is 453 g/mol. The van der Waals surface area contributed by atoms with E-state index in [0.29, 0.717) is 12.8 Å². The van der Waals surface area contributed by atoms with Crippen LogP contribution in [0.15, 0.2) is 18.2 Å². The number of nitrogens with one attached hydrogen (secondary N) is 1. The SMILES string of the molecule is COC(=O)CCCCCCCCO[C@@H]1OC(CO)[C@H](O)C(O)C1NC(=O)c1cc(F)ccc1O. The van der Waals surface area contributed by atoms with Crippen LogP contribution < -0.4 is 5.32 Å². The molecule has 5 N–H and O–H groups in total. The molecular formula is C23H34FNO9. The third-order valence-electron chi connectivity index (χ3n) is 5.67. The van der Waals surface area contributed by atoms with Gasteiger partial charge in [0.15, 0.2) is 6.29 Å². The van der Waals surface area contributed by atoms with Crippen LogP contribution in [0.5, 0.6) is 5.75 Å². The largest absolute Gasteiger partial charge is 0.507 e. The molecule has 0 aromatic heterocycles. The summed E-state index contributed by atoms with van der Waals surface area (Å²) < 4.78 is 29.3. The van der Waals surface area contributed by atoms with E-state index < -0.39 is 54.7 Å². The van der Waals surface area contributed by atoms with Gasteiger partial charge in [-0.15, -0.1) is 0 Å². The van der Waals surface area contributed by atoms with Gasteiger partial charge < -0.3 is 40.0 Å². The Hall–Kier alpha value is -2.31. The molecule has 5 atom stereocenters. The molecule has 3 unspecified atom stereocenters. The van der Waals surface area contributed by atoms with E-state index in [0.717, 1.165) is 50.3 Å². The van der Waals surface area contributed by atoms with Crippen molar-refractivity contribution in [2.45, 2.75) is 75.6 Å². The van der Waals surface area contributed by atoms with Crippen LogP contribution >= 0.6 is 0 Å². The summed E-state index contributed by atoms with van der Waals surface area (Å²) in [4.78, 5) is 23.7. The Bertz CT molecular complexity index is 794. The van der Waals surface area contributed by atoms with E-state index in [4.69, 9.17) is 9.47 Å². The first-order chi connectivity index (χ1) is 16.3. The van der Waals surface area contributed by atoms with Crippen LogP contribution in [-0.2, 0) is 19.0 Å². The van der Waals surface area contributed by atoms with Crippen molar-refractivity contribution in [3.63, 3.8) is 0 Å². The van der Waals surface area contributed by atoms with Gasteiger partial charge in [0.1, 0.15) is 35.9 Å². The second kappa shape index (κ2) is 14.2. The zero-order chi connectivity index (χ0) is 25.1. The number of amides is 1. The number of carbonyl (C=O) groups excluding carboxylic acids is 2. The monoisotopic (exact) mass is 487 g/mol. The minimum absolute atomic E-state index is 0.219. The zero-order valence-electron chi connectivity index (χ0n) is 19.2. The molecule has 1 aliphatic heterocycles. The van der Waals surface area contributed by atoms with Gasteiger partial charge in [-0.2, -0.15) is 0 Å². The predicted molar refractivity (Wildman–Crippen MR) is 117 cm³/mol. The number of phenols is 1. The number of halogens is 1. The molecule has 2 rings (SSSR count). The van der Waals surface area contributed by atoms with Crippen LogP contribution in [0.3, 0.4) is 0 Å². The summed E-state index contributed by atoms with van der Waals surface area (Å²) in [6.45, 7) is -0.347. The summed E-state index contributed by atoms with van der Waals surface area (Å²) in [5.74, 6) is -2.30. The zero-order valence-corrected chi connectivity index (χ0v) is 19.2. The summed E-state index contributed by atoms with van der Waals surface area (Å²) in [7, 11) is 1.36. The van der Waals surface area contributed by atoms with Gasteiger partial charge in [-0.25, -0.2) is 4.39 Å². The molecule has 1 fully saturated rings. The molecule has 11 heteroatoms. The Morgan fingerprint density at radius 2 is 1.76 bits per heavy atom. The average molecular weight is 488 g/mol. The lowest BCUT2D eigenvalue weighted by Gasteiger charge is -2.42. The smallest absolute Gasteiger partial charge is 0.305 e. The number of rotatable bonds is 13. The molecule has 1 aliphatic rings. The van der Waals surface area contributed by atoms with Crippen molar-refractivity contribution in [3.8, 4) is 5.75 Å². The number of carbonyl (C=O) groups is 2. The van der Waals surface area contributed by atoms with Crippen molar-refractivity contribution < 1.29 is 48.6 Å². The summed E-state index contributed by atoms with van der Waals surface area (Å²) in [5, 5.41) is 42.4. The molecule has 0 saturated carbocycles. The maximum Gasteiger partial charge on any atom is 0.305 e. The Balaban J connectivity index is 1.87. The van der Waals surface area contributed by atoms with Gasteiger partial charge >= 0.3 is 5.97 Å². The molecule has 34 heavy (non-hydrogen) atoms. The van der Waals surface area contributed by atoms with Crippen molar-refractivity contribution in [1.82, 2.24) is 5.32 Å². The predicted octanol–water partition coefficient (Wildman–Crippen LogP) is 0.989. The average Bonchev–Trinajstić information content (AvgIpc) is 2.83. The third-order valence-corrected chi connectivity index (χ3v) is 5.67. The number of unbranched alkanes of at least 4 members (excludes halogenated alkanes) is 5. The number of esters is 1. The van der Waals surface area contributed by atoms with Gasteiger partial charge in [0.05, 0.1) is 19.3 Å². The molecule has 1 heterocycles. The number of methoxy groups -OCH3 is 1. The van der Waals surface area contributed by atoms with Crippen molar-refractivity contribution in [3.05, 3.63) is 29.6 Å². The molecule has 0 radical (unpaired) electrons. The van der Waals surface area contributed by atoms with Gasteiger partial charge in [0, 0.05) is 13.0 Å². The van der Waals surface area contributed by atoms with Gasteiger partial charge in [-0.1, -0.05) is 25.7 Å². The number of benzene rings is 1. The fourth-order valence-corrected chi connectivity index (χ4v) is 3.68. The molecule has 1 aromatic carbocycles. The molecule has 0 bridgehead atoms. The van der Waals surface area contributed by atoms with Crippen LogP contribution in [-0.4, -0.2) is 83.3 Å². The number of hydrogen-bond donors (Lipinski definition) is 5. The molecule has 0 spiro atoms. The second-order valence-corrected chi connectivity index (χ2v) is 8.19. The summed E-state index contributed by atoms with van der Waals surface area (Å²) >= 11 is 0. The van der Waals surface area contributed by atoms with Crippen LogP contribution in [0, 0.1) is 5.82 Å². The number of aromatic hydroxyl groups is 1. The highest BCUT2D eigenvalue weighted by Crippen LogP contribution is 2.24. The van der Waals surface area contributed by atoms with E-state index in [-0.39, 0.29) is 18.1 Å². The number of aliphatic hydroxyl groups is 3. The Kier molecular flexibility index (Phi) is 11.6. The van der Waals surface area contributed by atoms with Crippen molar-refractivity contribution in [2.24, 2.45) is 0 Å². The van der Waals surface area contributed by atoms with E-state index in [2.05, 4.69) is 10.1 Å². The number of aliphatic hydroxyl groups excluding tert-OH is 3. The van der Waals surface area contributed by atoms with E-state index in [9.17, 15) is 34.4 Å². The molecule has 0 aliphatic carbocycles. The van der Waals surface area contributed by atoms with Gasteiger partial charge in [0.25, 0.3) is 5.91 Å².